The molecule has 1 heterocycles. The molecule has 16 heavy (non-hydrogen) atoms. The summed E-state index contributed by atoms with van der Waals surface area (Å²) in [6, 6.07) is 0.943. The van der Waals surface area contributed by atoms with Gasteiger partial charge in [-0.25, -0.2) is 0 Å². The Hall–Kier alpha value is -0.830. The number of nitrogens with one attached hydrogen (secondary N) is 1. The molecule has 0 radical (unpaired) electrons. The summed E-state index contributed by atoms with van der Waals surface area (Å²) in [4.78, 5) is 0. The zero-order valence-corrected chi connectivity index (χ0v) is 11.4. The summed E-state index contributed by atoms with van der Waals surface area (Å²) in [5.41, 5.74) is 2.77. The van der Waals surface area contributed by atoms with Crippen molar-refractivity contribution >= 4 is 0 Å². The van der Waals surface area contributed by atoms with Crippen LogP contribution in [0.3, 0.4) is 0 Å². The molecule has 0 aliphatic carbocycles. The average molecular weight is 223 g/mol. The standard InChI is InChI=1S/C13H25N3/c1-9(2)13-12(7-11(5)14-6)8-15-16(13)10(3)4/h8-11,14H,7H2,1-6H3. The van der Waals surface area contributed by atoms with E-state index in [1.54, 1.807) is 0 Å². The van der Waals surface area contributed by atoms with Gasteiger partial charge >= 0.3 is 0 Å². The molecular weight excluding hydrogens is 198 g/mol. The molecule has 92 valence electrons. The molecule has 1 rings (SSSR count). The number of hydrogen-bond acceptors (Lipinski definition) is 2. The van der Waals surface area contributed by atoms with Crippen molar-refractivity contribution in [1.82, 2.24) is 15.1 Å². The van der Waals surface area contributed by atoms with Crippen LogP contribution in [0.15, 0.2) is 6.20 Å². The quantitative estimate of drug-likeness (QED) is 0.832. The molecule has 1 N–H and O–H groups in total. The zero-order valence-electron chi connectivity index (χ0n) is 11.4. The Morgan fingerprint density at radius 1 is 1.25 bits per heavy atom. The first kappa shape index (κ1) is 13.2. The summed E-state index contributed by atoms with van der Waals surface area (Å²) < 4.78 is 2.16. The van der Waals surface area contributed by atoms with Crippen LogP contribution in [0.1, 0.15) is 57.8 Å². The van der Waals surface area contributed by atoms with Crippen molar-refractivity contribution in [2.45, 2.75) is 59.0 Å². The Kier molecular flexibility index (Phi) is 4.54. The average Bonchev–Trinajstić information content (AvgIpc) is 2.61. The van der Waals surface area contributed by atoms with E-state index in [9.17, 15) is 0 Å². The molecule has 1 atom stereocenters. The van der Waals surface area contributed by atoms with Gasteiger partial charge in [-0.05, 0) is 45.7 Å². The highest BCUT2D eigenvalue weighted by atomic mass is 15.3. The largest absolute Gasteiger partial charge is 0.317 e. The topological polar surface area (TPSA) is 29.9 Å². The van der Waals surface area contributed by atoms with E-state index in [0.717, 1.165) is 6.42 Å². The summed E-state index contributed by atoms with van der Waals surface area (Å²) in [5, 5.41) is 7.79. The first-order valence-electron chi connectivity index (χ1n) is 6.20. The number of nitrogens with zero attached hydrogens (tertiary/aromatic N) is 2. The van der Waals surface area contributed by atoms with Gasteiger partial charge in [0.25, 0.3) is 0 Å². The third-order valence-electron chi connectivity index (χ3n) is 2.97. The van der Waals surface area contributed by atoms with E-state index < -0.39 is 0 Å². The Labute approximate surface area is 99.2 Å². The Morgan fingerprint density at radius 3 is 2.31 bits per heavy atom. The van der Waals surface area contributed by atoms with E-state index in [2.05, 4.69) is 49.7 Å². The fraction of sp³-hybridized carbons (Fsp3) is 0.769. The first-order chi connectivity index (χ1) is 7.47. The van der Waals surface area contributed by atoms with Gasteiger partial charge in [0.1, 0.15) is 0 Å². The summed E-state index contributed by atoms with van der Waals surface area (Å²) in [6.45, 7) is 11.1. The van der Waals surface area contributed by atoms with E-state index in [4.69, 9.17) is 0 Å². The predicted octanol–water partition coefficient (Wildman–Crippen LogP) is 2.74. The summed E-state index contributed by atoms with van der Waals surface area (Å²) >= 11 is 0. The summed E-state index contributed by atoms with van der Waals surface area (Å²) in [6.07, 6.45) is 3.08. The van der Waals surface area contributed by atoms with Gasteiger partial charge in [-0.2, -0.15) is 5.10 Å². The Morgan fingerprint density at radius 2 is 1.88 bits per heavy atom. The molecule has 3 heteroatoms. The van der Waals surface area contributed by atoms with E-state index in [0.29, 0.717) is 18.0 Å². The molecule has 0 saturated carbocycles. The number of rotatable bonds is 5. The lowest BCUT2D eigenvalue weighted by Crippen LogP contribution is -2.24. The molecule has 0 saturated heterocycles. The zero-order chi connectivity index (χ0) is 12.3. The van der Waals surface area contributed by atoms with Crippen LogP contribution in [0.4, 0.5) is 0 Å². The van der Waals surface area contributed by atoms with Crippen LogP contribution in [0, 0.1) is 0 Å². The van der Waals surface area contributed by atoms with Gasteiger partial charge in [-0.3, -0.25) is 4.68 Å². The third kappa shape index (κ3) is 2.85. The molecule has 0 aromatic carbocycles. The van der Waals surface area contributed by atoms with Gasteiger partial charge in [-0.1, -0.05) is 13.8 Å². The second kappa shape index (κ2) is 5.48. The normalized spacial score (nSPS) is 13.8. The van der Waals surface area contributed by atoms with Crippen molar-refractivity contribution in [3.63, 3.8) is 0 Å². The van der Waals surface area contributed by atoms with Gasteiger partial charge in [0.2, 0.25) is 0 Å². The van der Waals surface area contributed by atoms with Crippen molar-refractivity contribution in [2.75, 3.05) is 7.05 Å². The van der Waals surface area contributed by atoms with Crippen LogP contribution in [0.5, 0.6) is 0 Å². The van der Waals surface area contributed by atoms with E-state index >= 15 is 0 Å². The highest BCUT2D eigenvalue weighted by Gasteiger charge is 2.17. The fourth-order valence-electron chi connectivity index (χ4n) is 2.04. The maximum atomic E-state index is 4.51. The minimum absolute atomic E-state index is 0.441. The van der Waals surface area contributed by atoms with Crippen LogP contribution in [-0.2, 0) is 6.42 Å². The molecule has 1 unspecified atom stereocenters. The number of aromatic nitrogens is 2. The second-order valence-electron chi connectivity index (χ2n) is 5.14. The molecule has 1 aromatic rings. The molecule has 0 fully saturated rings. The maximum Gasteiger partial charge on any atom is 0.0525 e. The molecular formula is C13H25N3. The smallest absolute Gasteiger partial charge is 0.0525 e. The van der Waals surface area contributed by atoms with Crippen LogP contribution in [0.2, 0.25) is 0 Å². The highest BCUT2D eigenvalue weighted by Crippen LogP contribution is 2.23. The van der Waals surface area contributed by atoms with Crippen molar-refractivity contribution < 1.29 is 0 Å². The van der Waals surface area contributed by atoms with Crippen molar-refractivity contribution in [2.24, 2.45) is 0 Å². The maximum absolute atomic E-state index is 4.51. The van der Waals surface area contributed by atoms with E-state index in [1.807, 2.05) is 13.2 Å². The van der Waals surface area contributed by atoms with Crippen LogP contribution in [-0.4, -0.2) is 22.9 Å². The Bertz CT molecular complexity index is 326. The number of hydrogen-bond donors (Lipinski definition) is 1. The van der Waals surface area contributed by atoms with Crippen molar-refractivity contribution in [3.8, 4) is 0 Å². The van der Waals surface area contributed by atoms with Crippen molar-refractivity contribution in [1.29, 1.82) is 0 Å². The lowest BCUT2D eigenvalue weighted by molar-refractivity contribution is 0.494. The molecule has 0 aliphatic heterocycles. The van der Waals surface area contributed by atoms with Gasteiger partial charge in [0.05, 0.1) is 6.20 Å². The van der Waals surface area contributed by atoms with Crippen molar-refractivity contribution in [3.05, 3.63) is 17.5 Å². The van der Waals surface area contributed by atoms with Gasteiger partial charge in [0.15, 0.2) is 0 Å². The predicted molar refractivity (Wildman–Crippen MR) is 68.9 cm³/mol. The highest BCUT2D eigenvalue weighted by molar-refractivity contribution is 5.22. The third-order valence-corrected chi connectivity index (χ3v) is 2.97. The minimum atomic E-state index is 0.441. The minimum Gasteiger partial charge on any atom is -0.317 e. The molecule has 1 aromatic heterocycles. The molecule has 0 bridgehead atoms. The second-order valence-corrected chi connectivity index (χ2v) is 5.14. The monoisotopic (exact) mass is 223 g/mol. The molecule has 0 aliphatic rings. The van der Waals surface area contributed by atoms with Gasteiger partial charge in [0, 0.05) is 17.8 Å². The van der Waals surface area contributed by atoms with Gasteiger partial charge < -0.3 is 5.32 Å². The fourth-order valence-corrected chi connectivity index (χ4v) is 2.04. The SMILES string of the molecule is CNC(C)Cc1cnn(C(C)C)c1C(C)C. The van der Waals surface area contributed by atoms with E-state index in [-0.39, 0.29) is 0 Å². The van der Waals surface area contributed by atoms with E-state index in [1.165, 1.54) is 11.3 Å². The molecule has 3 nitrogen and oxygen atoms in total. The summed E-state index contributed by atoms with van der Waals surface area (Å²) in [7, 11) is 2.01. The number of likely N-dealkylation sites (N-methyl/N-ethyl adjacent to an activating group) is 1. The molecule has 0 spiro atoms. The molecule has 0 amide bonds. The lowest BCUT2D eigenvalue weighted by Gasteiger charge is -2.17. The lowest BCUT2D eigenvalue weighted by atomic mass is 10.0. The Balaban J connectivity index is 3.00. The van der Waals surface area contributed by atoms with Crippen LogP contribution >= 0.6 is 0 Å². The van der Waals surface area contributed by atoms with Crippen LogP contribution in [0.25, 0.3) is 0 Å². The summed E-state index contributed by atoms with van der Waals surface area (Å²) in [5.74, 6) is 0.531. The first-order valence-corrected chi connectivity index (χ1v) is 6.20. The van der Waals surface area contributed by atoms with Gasteiger partial charge in [-0.15, -0.1) is 0 Å². The van der Waals surface area contributed by atoms with Crippen LogP contribution < -0.4 is 5.32 Å².